The van der Waals surface area contributed by atoms with Crippen molar-refractivity contribution in [3.63, 3.8) is 0 Å². The topological polar surface area (TPSA) is 66.0 Å². The third-order valence-corrected chi connectivity index (χ3v) is 4.25. The van der Waals surface area contributed by atoms with Gasteiger partial charge in [0.25, 0.3) is 0 Å². The van der Waals surface area contributed by atoms with Crippen LogP contribution in [0, 0.1) is 5.82 Å². The molecule has 2 N–H and O–H groups in total. The maximum atomic E-state index is 13.3. The lowest BCUT2D eigenvalue weighted by molar-refractivity contribution is 0.628. The Labute approximate surface area is 151 Å². The molecular formula is C19H19FN6. The molecule has 3 aromatic rings. The lowest BCUT2D eigenvalue weighted by Gasteiger charge is -2.17. The average molecular weight is 350 g/mol. The highest BCUT2D eigenvalue weighted by atomic mass is 19.1. The van der Waals surface area contributed by atoms with Crippen molar-refractivity contribution in [2.45, 2.75) is 12.8 Å². The fraction of sp³-hybridized carbons (Fsp3) is 0.211. The van der Waals surface area contributed by atoms with Gasteiger partial charge in [-0.05, 0) is 55.3 Å². The maximum absolute atomic E-state index is 13.3. The van der Waals surface area contributed by atoms with Gasteiger partial charge in [-0.3, -0.25) is 0 Å². The Balaban J connectivity index is 1.45. The molecule has 0 saturated carbocycles. The molecule has 0 radical (unpaired) electrons. The Morgan fingerprint density at radius 2 is 1.73 bits per heavy atom. The van der Waals surface area contributed by atoms with Crippen LogP contribution in [0.5, 0.6) is 0 Å². The van der Waals surface area contributed by atoms with Crippen molar-refractivity contribution in [3.8, 4) is 0 Å². The number of hydrogen-bond donors (Lipinski definition) is 2. The van der Waals surface area contributed by atoms with Crippen LogP contribution in [0.4, 0.5) is 33.2 Å². The monoisotopic (exact) mass is 350 g/mol. The fourth-order valence-electron chi connectivity index (χ4n) is 2.99. The van der Waals surface area contributed by atoms with Crippen LogP contribution in [0.25, 0.3) is 0 Å². The van der Waals surface area contributed by atoms with Crippen molar-refractivity contribution in [3.05, 3.63) is 60.5 Å². The Morgan fingerprint density at radius 3 is 2.50 bits per heavy atom. The molecule has 1 aliphatic rings. The smallest absolute Gasteiger partial charge is 0.249 e. The predicted octanol–water partition coefficient (Wildman–Crippen LogP) is 4.10. The van der Waals surface area contributed by atoms with Crippen molar-refractivity contribution >= 4 is 28.8 Å². The van der Waals surface area contributed by atoms with Crippen LogP contribution >= 0.6 is 0 Å². The summed E-state index contributed by atoms with van der Waals surface area (Å²) in [6.07, 6.45) is 4.06. The van der Waals surface area contributed by atoms with Crippen molar-refractivity contribution < 1.29 is 4.39 Å². The average Bonchev–Trinajstić information content (AvgIpc) is 3.17. The summed E-state index contributed by atoms with van der Waals surface area (Å²) in [5, 5.41) is 14.0. The van der Waals surface area contributed by atoms with E-state index in [0.29, 0.717) is 17.5 Å². The van der Waals surface area contributed by atoms with E-state index in [-0.39, 0.29) is 5.82 Å². The van der Waals surface area contributed by atoms with Crippen molar-refractivity contribution in [1.82, 2.24) is 15.2 Å². The van der Waals surface area contributed by atoms with E-state index in [1.807, 2.05) is 12.1 Å². The number of hydrogen-bond acceptors (Lipinski definition) is 6. The lowest BCUT2D eigenvalue weighted by atomic mass is 10.2. The van der Waals surface area contributed by atoms with Crippen LogP contribution in [0.3, 0.4) is 0 Å². The fourth-order valence-corrected chi connectivity index (χ4v) is 2.99. The van der Waals surface area contributed by atoms with Gasteiger partial charge in [0, 0.05) is 30.2 Å². The van der Waals surface area contributed by atoms with Crippen molar-refractivity contribution in [2.75, 3.05) is 28.6 Å². The Bertz CT molecular complexity index is 877. The van der Waals surface area contributed by atoms with Gasteiger partial charge in [0.2, 0.25) is 5.95 Å². The van der Waals surface area contributed by atoms with Gasteiger partial charge in [-0.2, -0.15) is 10.1 Å². The van der Waals surface area contributed by atoms with Gasteiger partial charge in [-0.25, -0.2) is 4.39 Å². The van der Waals surface area contributed by atoms with Crippen LogP contribution in [0.2, 0.25) is 0 Å². The zero-order valence-electron chi connectivity index (χ0n) is 14.2. The van der Waals surface area contributed by atoms with E-state index < -0.39 is 0 Å². The summed E-state index contributed by atoms with van der Waals surface area (Å²) in [6, 6.07) is 14.4. The molecule has 7 heteroatoms. The number of nitrogens with zero attached hydrogens (tertiary/aromatic N) is 4. The summed E-state index contributed by atoms with van der Waals surface area (Å²) in [5.41, 5.74) is 2.73. The summed E-state index contributed by atoms with van der Waals surface area (Å²) in [5.74, 6) is 0.539. The minimum absolute atomic E-state index is 0.300. The Hall–Kier alpha value is -3.22. The molecule has 0 bridgehead atoms. The third kappa shape index (κ3) is 3.88. The zero-order valence-corrected chi connectivity index (χ0v) is 14.2. The summed E-state index contributed by atoms with van der Waals surface area (Å²) in [6.45, 7) is 2.25. The molecule has 1 aliphatic heterocycles. The van der Waals surface area contributed by atoms with Gasteiger partial charge in [0.15, 0.2) is 5.82 Å². The molecule has 0 atom stereocenters. The SMILES string of the molecule is Fc1cccc(Nc2nncc(Nc3ccc(N4CCCC4)cc3)n2)c1. The summed E-state index contributed by atoms with van der Waals surface area (Å²) >= 11 is 0. The highest BCUT2D eigenvalue weighted by Crippen LogP contribution is 2.23. The van der Waals surface area contributed by atoms with Crippen molar-refractivity contribution in [2.24, 2.45) is 0 Å². The van der Waals surface area contributed by atoms with Gasteiger partial charge in [-0.15, -0.1) is 5.10 Å². The normalized spacial score (nSPS) is 13.7. The van der Waals surface area contributed by atoms with E-state index in [0.717, 1.165) is 18.8 Å². The first kappa shape index (κ1) is 16.3. The van der Waals surface area contributed by atoms with Crippen LogP contribution in [0.15, 0.2) is 54.7 Å². The standard InChI is InChI=1S/C19H19FN6/c20-14-4-3-5-16(12-14)23-19-24-18(13-21-25-19)22-15-6-8-17(9-7-15)26-10-1-2-11-26/h3-9,12-13H,1-2,10-11H2,(H2,22,23,24,25). The van der Waals surface area contributed by atoms with Gasteiger partial charge in [0.05, 0.1) is 6.20 Å². The zero-order chi connectivity index (χ0) is 17.8. The van der Waals surface area contributed by atoms with Gasteiger partial charge in [-0.1, -0.05) is 6.07 Å². The van der Waals surface area contributed by atoms with E-state index >= 15 is 0 Å². The minimum atomic E-state index is -0.324. The molecule has 6 nitrogen and oxygen atoms in total. The lowest BCUT2D eigenvalue weighted by Crippen LogP contribution is -2.17. The van der Waals surface area contributed by atoms with E-state index in [4.69, 9.17) is 0 Å². The second-order valence-corrected chi connectivity index (χ2v) is 6.17. The molecule has 2 heterocycles. The highest BCUT2D eigenvalue weighted by molar-refractivity contribution is 5.62. The predicted molar refractivity (Wildman–Crippen MR) is 101 cm³/mol. The van der Waals surface area contributed by atoms with E-state index in [1.54, 1.807) is 18.3 Å². The first-order chi connectivity index (χ1) is 12.8. The van der Waals surface area contributed by atoms with E-state index in [2.05, 4.69) is 42.8 Å². The minimum Gasteiger partial charge on any atom is -0.372 e. The van der Waals surface area contributed by atoms with E-state index in [1.165, 1.54) is 30.7 Å². The van der Waals surface area contributed by atoms with Crippen LogP contribution < -0.4 is 15.5 Å². The molecule has 132 valence electrons. The molecule has 0 spiro atoms. The second-order valence-electron chi connectivity index (χ2n) is 6.17. The highest BCUT2D eigenvalue weighted by Gasteiger charge is 2.11. The second kappa shape index (κ2) is 7.35. The molecule has 2 aromatic carbocycles. The molecule has 0 unspecified atom stereocenters. The quantitative estimate of drug-likeness (QED) is 0.722. The molecule has 1 fully saturated rings. The van der Waals surface area contributed by atoms with Gasteiger partial charge < -0.3 is 15.5 Å². The Kier molecular flexibility index (Phi) is 4.59. The number of benzene rings is 2. The largest absolute Gasteiger partial charge is 0.372 e. The van der Waals surface area contributed by atoms with Crippen molar-refractivity contribution in [1.29, 1.82) is 0 Å². The first-order valence-corrected chi connectivity index (χ1v) is 8.61. The number of rotatable bonds is 5. The molecule has 26 heavy (non-hydrogen) atoms. The molecular weight excluding hydrogens is 331 g/mol. The summed E-state index contributed by atoms with van der Waals surface area (Å²) in [4.78, 5) is 6.75. The molecule has 0 amide bonds. The van der Waals surface area contributed by atoms with Crippen LogP contribution in [-0.2, 0) is 0 Å². The molecule has 1 saturated heterocycles. The Morgan fingerprint density at radius 1 is 0.923 bits per heavy atom. The van der Waals surface area contributed by atoms with Gasteiger partial charge in [0.1, 0.15) is 5.82 Å². The number of anilines is 5. The maximum Gasteiger partial charge on any atom is 0.249 e. The summed E-state index contributed by atoms with van der Waals surface area (Å²) < 4.78 is 13.3. The number of nitrogens with one attached hydrogen (secondary N) is 2. The van der Waals surface area contributed by atoms with Crippen LogP contribution in [0.1, 0.15) is 12.8 Å². The molecule has 4 rings (SSSR count). The molecule has 1 aromatic heterocycles. The van der Waals surface area contributed by atoms with Crippen LogP contribution in [-0.4, -0.2) is 28.3 Å². The summed E-state index contributed by atoms with van der Waals surface area (Å²) in [7, 11) is 0. The third-order valence-electron chi connectivity index (χ3n) is 4.25. The number of aromatic nitrogens is 3. The van der Waals surface area contributed by atoms with Gasteiger partial charge >= 0.3 is 0 Å². The molecule has 0 aliphatic carbocycles. The first-order valence-electron chi connectivity index (χ1n) is 8.61. The van der Waals surface area contributed by atoms with E-state index in [9.17, 15) is 4.39 Å². The number of halogens is 1.